The fraction of sp³-hybridized carbons (Fsp3) is 0.167. The first-order valence-electron chi connectivity index (χ1n) is 3.34. The molecule has 0 aromatic carbocycles. The Balaban J connectivity index is 3.20. The molecule has 0 saturated heterocycles. The van der Waals surface area contributed by atoms with Crippen molar-refractivity contribution in [1.29, 1.82) is 0 Å². The molecule has 0 aliphatic rings. The molecule has 3 radical (unpaired) electrons. The first-order chi connectivity index (χ1) is 5.65. The summed E-state index contributed by atoms with van der Waals surface area (Å²) < 4.78 is 0. The van der Waals surface area contributed by atoms with Crippen LogP contribution in [-0.4, -0.2) is 25.0 Å². The smallest absolute Gasteiger partial charge is 0.266 e. The van der Waals surface area contributed by atoms with Crippen molar-refractivity contribution >= 4 is 31.9 Å². The Bertz CT molecular complexity index is 316. The van der Waals surface area contributed by atoms with Gasteiger partial charge in [-0.3, -0.25) is 15.1 Å². The zero-order valence-electron chi connectivity index (χ0n) is 6.52. The van der Waals surface area contributed by atoms with E-state index in [9.17, 15) is 10.1 Å². The van der Waals surface area contributed by atoms with Gasteiger partial charge in [0.25, 0.3) is 5.69 Å². The summed E-state index contributed by atoms with van der Waals surface area (Å²) in [7, 11) is 6.97. The highest BCUT2D eigenvalue weighted by Crippen LogP contribution is 2.01. The number of hydrogen-bond donors (Lipinski definition) is 0. The molecule has 0 spiro atoms. The van der Waals surface area contributed by atoms with Crippen LogP contribution in [0.5, 0.6) is 0 Å². The molecular formula is C6H5B2N2O2. The monoisotopic (exact) mass is 159 g/mol. The second-order valence-electron chi connectivity index (χ2n) is 2.21. The first-order valence-corrected chi connectivity index (χ1v) is 3.34. The maximum atomic E-state index is 10.4. The third kappa shape index (κ3) is 1.64. The van der Waals surface area contributed by atoms with Crippen LogP contribution in [0.1, 0.15) is 0 Å². The van der Waals surface area contributed by atoms with Gasteiger partial charge in [-0.2, -0.15) is 0 Å². The molecule has 6 heteroatoms. The highest BCUT2D eigenvalue weighted by atomic mass is 16.6. The molecule has 0 unspecified atom stereocenters. The van der Waals surface area contributed by atoms with E-state index >= 15 is 0 Å². The van der Waals surface area contributed by atoms with E-state index in [4.69, 9.17) is 7.85 Å². The van der Waals surface area contributed by atoms with E-state index in [-0.39, 0.29) is 11.3 Å². The molecule has 1 aromatic heterocycles. The maximum absolute atomic E-state index is 10.4. The van der Waals surface area contributed by atoms with Crippen molar-refractivity contribution in [3.8, 4) is 0 Å². The largest absolute Gasteiger partial charge is 0.281 e. The predicted octanol–water partition coefficient (Wildman–Crippen LogP) is -0.839. The molecular weight excluding hydrogens is 154 g/mol. The quantitative estimate of drug-likeness (QED) is 0.321. The Hall–Kier alpha value is -1.32. The van der Waals surface area contributed by atoms with Crippen molar-refractivity contribution in [2.75, 3.05) is 0 Å². The molecule has 0 bridgehead atoms. The fourth-order valence-electron chi connectivity index (χ4n) is 0.865. The van der Waals surface area contributed by atoms with Crippen LogP contribution in [0.2, 0.25) is 6.82 Å². The van der Waals surface area contributed by atoms with E-state index in [1.165, 1.54) is 6.07 Å². The normalized spacial score (nSPS) is 9.42. The van der Waals surface area contributed by atoms with Crippen molar-refractivity contribution in [1.82, 2.24) is 4.98 Å². The average Bonchev–Trinajstić information content (AvgIpc) is 2.03. The summed E-state index contributed by atoms with van der Waals surface area (Å²) >= 11 is 0. The van der Waals surface area contributed by atoms with E-state index < -0.39 is 4.92 Å². The van der Waals surface area contributed by atoms with Gasteiger partial charge in [-0.05, 0) is 11.1 Å². The van der Waals surface area contributed by atoms with Gasteiger partial charge in [0.05, 0.1) is 4.92 Å². The summed E-state index contributed by atoms with van der Waals surface area (Å²) in [6.45, 7) is 1.71. The van der Waals surface area contributed by atoms with E-state index in [0.29, 0.717) is 5.46 Å². The lowest BCUT2D eigenvalue weighted by molar-refractivity contribution is -0.383. The number of pyridine rings is 1. The van der Waals surface area contributed by atoms with Crippen molar-refractivity contribution < 1.29 is 4.92 Å². The highest BCUT2D eigenvalue weighted by Gasteiger charge is 2.11. The molecule has 0 N–H and O–H groups in total. The zero-order valence-corrected chi connectivity index (χ0v) is 6.52. The van der Waals surface area contributed by atoms with Gasteiger partial charge in [-0.15, -0.1) is 0 Å². The summed E-state index contributed by atoms with van der Waals surface area (Å²) in [6, 6.07) is 1.47. The SMILES string of the molecule is [B]c1cc([B]C)c([N+](=O)[O-])cn1. The Labute approximate surface area is 71.8 Å². The van der Waals surface area contributed by atoms with Gasteiger partial charge in [0.15, 0.2) is 7.28 Å². The zero-order chi connectivity index (χ0) is 9.14. The molecule has 1 heterocycles. The van der Waals surface area contributed by atoms with Gasteiger partial charge in [-0.1, -0.05) is 12.9 Å². The van der Waals surface area contributed by atoms with Crippen molar-refractivity contribution in [2.45, 2.75) is 6.82 Å². The van der Waals surface area contributed by atoms with Crippen molar-refractivity contribution in [3.05, 3.63) is 22.4 Å². The van der Waals surface area contributed by atoms with E-state index in [1.54, 1.807) is 14.1 Å². The Kier molecular flexibility index (Phi) is 2.47. The second-order valence-corrected chi connectivity index (χ2v) is 2.21. The van der Waals surface area contributed by atoms with Gasteiger partial charge >= 0.3 is 0 Å². The van der Waals surface area contributed by atoms with E-state index in [0.717, 1.165) is 6.20 Å². The first kappa shape index (κ1) is 8.77. The molecule has 1 aromatic rings. The number of aromatic nitrogens is 1. The van der Waals surface area contributed by atoms with Gasteiger partial charge in [0.1, 0.15) is 14.0 Å². The lowest BCUT2D eigenvalue weighted by Gasteiger charge is -1.99. The highest BCUT2D eigenvalue weighted by molar-refractivity contribution is 6.54. The molecule has 12 heavy (non-hydrogen) atoms. The number of rotatable bonds is 2. The molecule has 0 atom stereocenters. The minimum Gasteiger partial charge on any atom is -0.266 e. The van der Waals surface area contributed by atoms with Crippen LogP contribution in [0, 0.1) is 10.1 Å². The van der Waals surface area contributed by atoms with Crippen LogP contribution in [0.25, 0.3) is 0 Å². The molecule has 0 aliphatic heterocycles. The van der Waals surface area contributed by atoms with E-state index in [1.807, 2.05) is 0 Å². The fourth-order valence-corrected chi connectivity index (χ4v) is 0.865. The second kappa shape index (κ2) is 3.38. The summed E-state index contributed by atoms with van der Waals surface area (Å²) in [6.07, 6.45) is 1.16. The van der Waals surface area contributed by atoms with E-state index in [2.05, 4.69) is 4.98 Å². The molecule has 0 fully saturated rings. The van der Waals surface area contributed by atoms with Crippen LogP contribution in [0.4, 0.5) is 5.69 Å². The minimum atomic E-state index is -0.484. The Morgan fingerprint density at radius 3 is 2.92 bits per heavy atom. The lowest BCUT2D eigenvalue weighted by atomic mass is 9.72. The summed E-state index contributed by atoms with van der Waals surface area (Å²) in [4.78, 5) is 13.5. The molecule has 4 nitrogen and oxygen atoms in total. The van der Waals surface area contributed by atoms with Gasteiger partial charge < -0.3 is 0 Å². The molecule has 0 amide bonds. The Morgan fingerprint density at radius 1 is 1.75 bits per heavy atom. The topological polar surface area (TPSA) is 56.0 Å². The number of nitrogens with zero attached hydrogens (tertiary/aromatic N) is 2. The van der Waals surface area contributed by atoms with Gasteiger partial charge in [0, 0.05) is 0 Å². The van der Waals surface area contributed by atoms with Crippen molar-refractivity contribution in [3.63, 3.8) is 0 Å². The third-order valence-electron chi connectivity index (χ3n) is 1.44. The average molecular weight is 159 g/mol. The minimum absolute atomic E-state index is 0.0216. The van der Waals surface area contributed by atoms with Gasteiger partial charge in [0.2, 0.25) is 0 Å². The summed E-state index contributed by atoms with van der Waals surface area (Å²) in [5.41, 5.74) is 0.757. The Morgan fingerprint density at radius 2 is 2.42 bits per heavy atom. The van der Waals surface area contributed by atoms with Crippen molar-refractivity contribution in [2.24, 2.45) is 0 Å². The molecule has 57 valence electrons. The third-order valence-corrected chi connectivity index (χ3v) is 1.44. The summed E-state index contributed by atoms with van der Waals surface area (Å²) in [5.74, 6) is 0. The van der Waals surface area contributed by atoms with Crippen LogP contribution < -0.4 is 11.1 Å². The van der Waals surface area contributed by atoms with Crippen LogP contribution in [0.3, 0.4) is 0 Å². The van der Waals surface area contributed by atoms with Gasteiger partial charge in [-0.25, -0.2) is 0 Å². The maximum Gasteiger partial charge on any atom is 0.281 e. The van der Waals surface area contributed by atoms with Crippen LogP contribution >= 0.6 is 0 Å². The van der Waals surface area contributed by atoms with Crippen LogP contribution in [-0.2, 0) is 0 Å². The number of nitro groups is 1. The standard InChI is InChI=1S/C6H5B2N2O2/c1-8-4-2-6(7)9-3-5(4)10(11)12/h2-3H,1H3. The number of hydrogen-bond acceptors (Lipinski definition) is 3. The lowest BCUT2D eigenvalue weighted by Crippen LogP contribution is -2.23. The van der Waals surface area contributed by atoms with Crippen LogP contribution in [0.15, 0.2) is 12.3 Å². The summed E-state index contributed by atoms with van der Waals surface area (Å²) in [5, 5.41) is 10.4. The molecule has 0 saturated carbocycles. The predicted molar refractivity (Wildman–Crippen MR) is 47.5 cm³/mol. The molecule has 0 aliphatic carbocycles. The molecule has 1 rings (SSSR count).